The van der Waals surface area contributed by atoms with Crippen LogP contribution in [0.4, 0.5) is 0 Å². The number of ether oxygens (including phenoxy) is 1. The minimum Gasteiger partial charge on any atom is -0.469 e. The lowest BCUT2D eigenvalue weighted by Gasteiger charge is -2.19. The maximum absolute atomic E-state index is 12.6. The Kier molecular flexibility index (Phi) is 6.39. The Morgan fingerprint density at radius 1 is 1.15 bits per heavy atom. The van der Waals surface area contributed by atoms with Crippen molar-refractivity contribution in [2.45, 2.75) is 17.4 Å². The summed E-state index contributed by atoms with van der Waals surface area (Å²) < 4.78 is 28.0. The average Bonchev–Trinajstić information content (AvgIpc) is 2.60. The van der Waals surface area contributed by atoms with Crippen LogP contribution in [0, 0.1) is 0 Å². The molecule has 0 unspecified atom stereocenters. The van der Waals surface area contributed by atoms with Crippen molar-refractivity contribution in [3.63, 3.8) is 0 Å². The fourth-order valence-corrected chi connectivity index (χ4v) is 3.29. The molecule has 1 atom stereocenters. The first-order chi connectivity index (χ1) is 12.2. The van der Waals surface area contributed by atoms with Crippen molar-refractivity contribution in [1.29, 1.82) is 0 Å². The van der Waals surface area contributed by atoms with E-state index in [0.29, 0.717) is 10.6 Å². The molecular weight excluding hydrogens is 378 g/mol. The molecule has 2 aromatic rings. The van der Waals surface area contributed by atoms with Gasteiger partial charge in [0.2, 0.25) is 0 Å². The Hall–Kier alpha value is -2.38. The van der Waals surface area contributed by atoms with E-state index in [1.165, 1.54) is 31.4 Å². The molecule has 0 aliphatic rings. The van der Waals surface area contributed by atoms with Crippen LogP contribution in [0.1, 0.15) is 28.4 Å². The van der Waals surface area contributed by atoms with Gasteiger partial charge in [0.05, 0.1) is 24.5 Å². The molecule has 2 rings (SSSR count). The third-order valence-electron chi connectivity index (χ3n) is 3.71. The molecular formula is C18H18ClNO5S. The summed E-state index contributed by atoms with van der Waals surface area (Å²) in [6, 6.07) is 11.8. The third-order valence-corrected chi connectivity index (χ3v) is 5.16. The number of carbonyl (C=O) groups excluding carboxylic acids is 2. The summed E-state index contributed by atoms with van der Waals surface area (Å²) in [4.78, 5) is 24.3. The van der Waals surface area contributed by atoms with Gasteiger partial charge >= 0.3 is 5.97 Å². The van der Waals surface area contributed by atoms with Crippen LogP contribution in [-0.2, 0) is 19.4 Å². The number of amides is 1. The van der Waals surface area contributed by atoms with E-state index < -0.39 is 27.8 Å². The molecule has 0 bridgehead atoms. The van der Waals surface area contributed by atoms with E-state index in [2.05, 4.69) is 10.1 Å². The van der Waals surface area contributed by atoms with Crippen LogP contribution >= 0.6 is 11.6 Å². The zero-order valence-electron chi connectivity index (χ0n) is 14.2. The number of halogens is 1. The zero-order chi connectivity index (χ0) is 19.3. The van der Waals surface area contributed by atoms with Crippen LogP contribution in [0.2, 0.25) is 5.02 Å². The van der Waals surface area contributed by atoms with E-state index in [1.807, 2.05) is 0 Å². The lowest BCUT2D eigenvalue weighted by atomic mass is 10.0. The number of hydrogen-bond acceptors (Lipinski definition) is 5. The lowest BCUT2D eigenvalue weighted by Crippen LogP contribution is -2.30. The van der Waals surface area contributed by atoms with E-state index in [1.54, 1.807) is 24.3 Å². The summed E-state index contributed by atoms with van der Waals surface area (Å²) in [5, 5.41) is 3.11. The highest BCUT2D eigenvalue weighted by Gasteiger charge is 2.22. The van der Waals surface area contributed by atoms with E-state index >= 15 is 0 Å². The monoisotopic (exact) mass is 395 g/mol. The first-order valence-electron chi connectivity index (χ1n) is 7.64. The van der Waals surface area contributed by atoms with Crippen LogP contribution in [0.5, 0.6) is 0 Å². The normalized spacial score (nSPS) is 12.3. The van der Waals surface area contributed by atoms with E-state index in [-0.39, 0.29) is 16.9 Å². The number of sulfone groups is 1. The summed E-state index contributed by atoms with van der Waals surface area (Å²) in [6.45, 7) is 0. The van der Waals surface area contributed by atoms with Gasteiger partial charge in [0.1, 0.15) is 0 Å². The Morgan fingerprint density at radius 2 is 1.85 bits per heavy atom. The largest absolute Gasteiger partial charge is 0.469 e. The molecule has 0 aliphatic heterocycles. The van der Waals surface area contributed by atoms with Crippen molar-refractivity contribution in [1.82, 2.24) is 5.32 Å². The molecule has 0 saturated carbocycles. The number of hydrogen-bond donors (Lipinski definition) is 1. The van der Waals surface area contributed by atoms with Crippen LogP contribution in [0.3, 0.4) is 0 Å². The van der Waals surface area contributed by atoms with Crippen molar-refractivity contribution in [3.8, 4) is 0 Å². The van der Waals surface area contributed by atoms with Crippen LogP contribution < -0.4 is 5.32 Å². The Bertz CT molecular complexity index is 927. The van der Waals surface area contributed by atoms with Crippen LogP contribution in [0.25, 0.3) is 0 Å². The molecule has 6 nitrogen and oxygen atoms in total. The van der Waals surface area contributed by atoms with Gasteiger partial charge in [0.15, 0.2) is 9.84 Å². The first kappa shape index (κ1) is 19.9. The highest BCUT2D eigenvalue weighted by Crippen LogP contribution is 2.26. The number of rotatable bonds is 6. The molecule has 0 fully saturated rings. The van der Waals surface area contributed by atoms with Gasteiger partial charge in [-0.2, -0.15) is 0 Å². The summed E-state index contributed by atoms with van der Waals surface area (Å²) in [6.07, 6.45) is 0.950. The predicted molar refractivity (Wildman–Crippen MR) is 97.8 cm³/mol. The van der Waals surface area contributed by atoms with Crippen LogP contribution in [-0.4, -0.2) is 33.7 Å². The fourth-order valence-electron chi connectivity index (χ4n) is 2.36. The Morgan fingerprint density at radius 3 is 2.46 bits per heavy atom. The van der Waals surface area contributed by atoms with Crippen molar-refractivity contribution in [3.05, 3.63) is 64.7 Å². The number of methoxy groups -OCH3 is 1. The van der Waals surface area contributed by atoms with Gasteiger partial charge in [0.25, 0.3) is 5.91 Å². The van der Waals surface area contributed by atoms with Crippen molar-refractivity contribution in [2.75, 3.05) is 13.4 Å². The molecule has 0 aromatic heterocycles. The lowest BCUT2D eigenvalue weighted by molar-refractivity contribution is -0.141. The molecule has 26 heavy (non-hydrogen) atoms. The maximum Gasteiger partial charge on any atom is 0.307 e. The number of carbonyl (C=O) groups is 2. The number of benzene rings is 2. The fraction of sp³-hybridized carbons (Fsp3) is 0.222. The van der Waals surface area contributed by atoms with Gasteiger partial charge < -0.3 is 10.1 Å². The molecule has 0 saturated heterocycles. The second-order valence-electron chi connectivity index (χ2n) is 5.63. The molecule has 0 radical (unpaired) electrons. The topological polar surface area (TPSA) is 89.5 Å². The zero-order valence-corrected chi connectivity index (χ0v) is 15.8. The standard InChI is InChI=1S/C18H18ClNO5S/c1-25-17(21)11-16(14-8-3-4-9-15(14)19)20-18(22)12-6-5-7-13(10-12)26(2,23)24/h3-10,16H,11H2,1-2H3,(H,20,22)/t16-/m0/s1. The first-order valence-corrected chi connectivity index (χ1v) is 9.91. The molecule has 1 amide bonds. The minimum absolute atomic E-state index is 0.0346. The van der Waals surface area contributed by atoms with Crippen molar-refractivity contribution < 1.29 is 22.7 Å². The Balaban J connectivity index is 2.32. The molecule has 138 valence electrons. The summed E-state index contributed by atoms with van der Waals surface area (Å²) in [5.74, 6) is -1.04. The second-order valence-corrected chi connectivity index (χ2v) is 8.05. The molecule has 2 aromatic carbocycles. The van der Waals surface area contributed by atoms with Gasteiger partial charge in [-0.25, -0.2) is 8.42 Å². The average molecular weight is 396 g/mol. The maximum atomic E-state index is 12.6. The minimum atomic E-state index is -3.44. The molecule has 8 heteroatoms. The molecule has 1 N–H and O–H groups in total. The molecule has 0 spiro atoms. The quantitative estimate of drug-likeness (QED) is 0.759. The summed E-state index contributed by atoms with van der Waals surface area (Å²) in [5.41, 5.74) is 0.724. The predicted octanol–water partition coefficient (Wildman–Crippen LogP) is 2.78. The summed E-state index contributed by atoms with van der Waals surface area (Å²) in [7, 11) is -2.19. The third kappa shape index (κ3) is 5.06. The SMILES string of the molecule is COC(=O)C[C@H](NC(=O)c1cccc(S(C)(=O)=O)c1)c1ccccc1Cl. The van der Waals surface area contributed by atoms with Gasteiger partial charge in [-0.1, -0.05) is 35.9 Å². The second kappa shape index (κ2) is 8.33. The van der Waals surface area contributed by atoms with E-state index in [4.69, 9.17) is 11.6 Å². The van der Waals surface area contributed by atoms with E-state index in [0.717, 1.165) is 6.26 Å². The van der Waals surface area contributed by atoms with Crippen LogP contribution in [0.15, 0.2) is 53.4 Å². The van der Waals surface area contributed by atoms with Gasteiger partial charge in [-0.3, -0.25) is 9.59 Å². The van der Waals surface area contributed by atoms with Gasteiger partial charge in [-0.15, -0.1) is 0 Å². The highest BCUT2D eigenvalue weighted by molar-refractivity contribution is 7.90. The van der Waals surface area contributed by atoms with Gasteiger partial charge in [0, 0.05) is 16.8 Å². The Labute approximate surface area is 157 Å². The van der Waals surface area contributed by atoms with Crippen molar-refractivity contribution >= 4 is 33.3 Å². The smallest absolute Gasteiger partial charge is 0.307 e. The number of nitrogens with one attached hydrogen (secondary N) is 1. The molecule has 0 heterocycles. The summed E-state index contributed by atoms with van der Waals surface area (Å²) >= 11 is 6.18. The van der Waals surface area contributed by atoms with Crippen molar-refractivity contribution in [2.24, 2.45) is 0 Å². The van der Waals surface area contributed by atoms with E-state index in [9.17, 15) is 18.0 Å². The highest BCUT2D eigenvalue weighted by atomic mass is 35.5. The molecule has 0 aliphatic carbocycles. The number of esters is 1. The van der Waals surface area contributed by atoms with Gasteiger partial charge in [-0.05, 0) is 29.8 Å².